The van der Waals surface area contributed by atoms with E-state index in [1.165, 1.54) is 56.1 Å². The predicted octanol–water partition coefficient (Wildman–Crippen LogP) is -0.529. The smallest absolute Gasteiger partial charge is 0.222 e. The average Bonchev–Trinajstić information content (AvgIpc) is 2.31. The lowest BCUT2D eigenvalue weighted by Crippen LogP contribution is -2.68. The average molecular weight is 305 g/mol. The van der Waals surface area contributed by atoms with E-state index in [4.69, 9.17) is 23.1 Å². The van der Waals surface area contributed by atoms with Gasteiger partial charge in [0.05, 0.1) is 25.0 Å². The molecule has 0 amide bonds. The standard InChI is InChI=1S/C14H21O.ClHO4/c1-11-13-8-6-4-3-5-7-9-14(10-13)12(2)15-11;2-1(3,4)5/h10H,3-9H2,1-2H3;(H,2,3,4,5)/q+1;/p-1. The number of hydrogen-bond donors (Lipinski definition) is 0. The van der Waals surface area contributed by atoms with Crippen LogP contribution < -0.4 is 18.6 Å². The Labute approximate surface area is 121 Å². The molecule has 0 N–H and O–H groups in total. The highest BCUT2D eigenvalue weighted by molar-refractivity contribution is 5.27. The summed E-state index contributed by atoms with van der Waals surface area (Å²) in [6.07, 6.45) is 9.19. The minimum atomic E-state index is -4.94. The van der Waals surface area contributed by atoms with E-state index in [9.17, 15) is 0 Å². The Morgan fingerprint density at radius 1 is 0.800 bits per heavy atom. The van der Waals surface area contributed by atoms with E-state index in [0.717, 1.165) is 11.5 Å². The quantitative estimate of drug-likeness (QED) is 0.599. The van der Waals surface area contributed by atoms with Gasteiger partial charge < -0.3 is 0 Å². The predicted molar refractivity (Wildman–Crippen MR) is 63.1 cm³/mol. The first kappa shape index (κ1) is 17.3. The van der Waals surface area contributed by atoms with Gasteiger partial charge >= 0.3 is 11.5 Å². The molecule has 114 valence electrons. The first-order valence-electron chi connectivity index (χ1n) is 6.81. The van der Waals surface area contributed by atoms with E-state index >= 15 is 0 Å². The molecule has 2 rings (SSSR count). The third kappa shape index (κ3) is 7.17. The summed E-state index contributed by atoms with van der Waals surface area (Å²) < 4.78 is 39.8. The molecule has 0 saturated carbocycles. The van der Waals surface area contributed by atoms with Gasteiger partial charge in [-0.2, -0.15) is 0 Å². The van der Waals surface area contributed by atoms with Crippen LogP contribution in [-0.2, 0) is 12.8 Å². The zero-order valence-electron chi connectivity index (χ0n) is 11.9. The molecule has 1 aliphatic carbocycles. The molecule has 1 heterocycles. The third-order valence-corrected chi connectivity index (χ3v) is 3.45. The van der Waals surface area contributed by atoms with Gasteiger partial charge in [-0.25, -0.2) is 23.1 Å². The van der Waals surface area contributed by atoms with Crippen molar-refractivity contribution in [2.45, 2.75) is 58.8 Å². The second-order valence-electron chi connectivity index (χ2n) is 5.05. The maximum absolute atomic E-state index is 8.49. The summed E-state index contributed by atoms with van der Waals surface area (Å²) in [6.45, 7) is 4.19. The summed E-state index contributed by atoms with van der Waals surface area (Å²) in [5.74, 6) is 2.24. The Bertz CT molecular complexity index is 393. The van der Waals surface area contributed by atoms with Gasteiger partial charge in [-0.05, 0) is 31.7 Å². The largest absolute Gasteiger partial charge is 0.329 e. The van der Waals surface area contributed by atoms with E-state index in [2.05, 4.69) is 19.9 Å². The maximum atomic E-state index is 8.49. The van der Waals surface area contributed by atoms with Gasteiger partial charge in [-0.3, -0.25) is 0 Å². The first-order chi connectivity index (χ1) is 9.27. The molecule has 6 heteroatoms. The Morgan fingerprint density at radius 3 is 1.55 bits per heavy atom. The molecule has 0 unspecified atom stereocenters. The van der Waals surface area contributed by atoms with Gasteiger partial charge in [0.15, 0.2) is 0 Å². The Balaban J connectivity index is 0.000000347. The molecule has 5 nitrogen and oxygen atoms in total. The van der Waals surface area contributed by atoms with Crippen LogP contribution in [0.5, 0.6) is 0 Å². The number of fused-ring (bicyclic) bond motifs is 2. The van der Waals surface area contributed by atoms with Gasteiger partial charge in [-0.1, -0.05) is 19.3 Å². The number of halogens is 1. The van der Waals surface area contributed by atoms with E-state index < -0.39 is 10.2 Å². The monoisotopic (exact) mass is 304 g/mol. The normalized spacial score (nSPS) is 16.1. The second-order valence-corrected chi connectivity index (χ2v) is 5.81. The molecule has 2 bridgehead atoms. The van der Waals surface area contributed by atoms with Crippen molar-refractivity contribution in [3.63, 3.8) is 0 Å². The number of aryl methyl sites for hydroxylation is 4. The Hall–Kier alpha value is -0.720. The van der Waals surface area contributed by atoms with Crippen molar-refractivity contribution >= 4 is 0 Å². The maximum Gasteiger partial charge on any atom is 0.329 e. The van der Waals surface area contributed by atoms with Crippen molar-refractivity contribution in [2.75, 3.05) is 0 Å². The van der Waals surface area contributed by atoms with Crippen molar-refractivity contribution in [3.8, 4) is 0 Å². The van der Waals surface area contributed by atoms with Crippen LogP contribution in [0.3, 0.4) is 0 Å². The van der Waals surface area contributed by atoms with Crippen molar-refractivity contribution in [1.29, 1.82) is 0 Å². The SMILES string of the molecule is Cc1[o+]c(C)c2cc1CCCCCCC2.[O-][Cl+3]([O-])([O-])[O-]. The Morgan fingerprint density at radius 2 is 1.15 bits per heavy atom. The van der Waals surface area contributed by atoms with Crippen LogP contribution >= 0.6 is 0 Å². The first-order valence-corrected chi connectivity index (χ1v) is 8.04. The lowest BCUT2D eigenvalue weighted by molar-refractivity contribution is -2.00. The molecule has 0 aliphatic heterocycles. The van der Waals surface area contributed by atoms with Crippen LogP contribution in [0.4, 0.5) is 0 Å². The highest BCUT2D eigenvalue weighted by atomic mass is 35.7. The molecule has 0 atom stereocenters. The van der Waals surface area contributed by atoms with Crippen molar-refractivity contribution in [3.05, 3.63) is 28.7 Å². The van der Waals surface area contributed by atoms with Gasteiger partial charge in [-0.15, -0.1) is 10.2 Å². The second kappa shape index (κ2) is 7.90. The summed E-state index contributed by atoms with van der Waals surface area (Å²) in [5, 5.41) is 0. The number of hydrogen-bond acceptors (Lipinski definition) is 4. The third-order valence-electron chi connectivity index (χ3n) is 3.45. The molecule has 1 aromatic rings. The van der Waals surface area contributed by atoms with E-state index in [1.54, 1.807) is 0 Å². The van der Waals surface area contributed by atoms with Crippen molar-refractivity contribution in [1.82, 2.24) is 0 Å². The highest BCUT2D eigenvalue weighted by Gasteiger charge is 2.17. The molecule has 20 heavy (non-hydrogen) atoms. The highest BCUT2D eigenvalue weighted by Crippen LogP contribution is 2.22. The summed E-state index contributed by atoms with van der Waals surface area (Å²) in [4.78, 5) is 0. The zero-order valence-corrected chi connectivity index (χ0v) is 12.7. The fraction of sp³-hybridized carbons (Fsp3) is 0.643. The van der Waals surface area contributed by atoms with Gasteiger partial charge in [0.2, 0.25) is 0 Å². The van der Waals surface area contributed by atoms with Crippen molar-refractivity contribution < 1.29 is 33.3 Å². The topological polar surface area (TPSA) is 104 Å². The Kier molecular flexibility index (Phi) is 6.85. The minimum Gasteiger partial charge on any atom is -0.222 e. The van der Waals surface area contributed by atoms with E-state index in [1.807, 2.05) is 0 Å². The molecule has 0 fully saturated rings. The molecular weight excluding hydrogens is 284 g/mol. The molecule has 1 aliphatic rings. The lowest BCUT2D eigenvalue weighted by Gasteiger charge is -2.17. The molecule has 0 spiro atoms. The van der Waals surface area contributed by atoms with Crippen molar-refractivity contribution in [2.24, 2.45) is 0 Å². The number of rotatable bonds is 0. The minimum absolute atomic E-state index is 1.12. The fourth-order valence-electron chi connectivity index (χ4n) is 2.43. The summed E-state index contributed by atoms with van der Waals surface area (Å²) in [6, 6.07) is 2.37. The molecule has 0 aromatic carbocycles. The van der Waals surface area contributed by atoms with Gasteiger partial charge in [0, 0.05) is 0 Å². The van der Waals surface area contributed by atoms with Crippen LogP contribution in [0.15, 0.2) is 10.5 Å². The van der Waals surface area contributed by atoms with Gasteiger partial charge in [0.1, 0.15) is 0 Å². The van der Waals surface area contributed by atoms with Crippen LogP contribution in [-0.4, -0.2) is 0 Å². The fourth-order valence-corrected chi connectivity index (χ4v) is 2.43. The zero-order chi connectivity index (χ0) is 15.2. The van der Waals surface area contributed by atoms with Gasteiger partial charge in [0.25, 0.3) is 0 Å². The van der Waals surface area contributed by atoms with Crippen LogP contribution in [0.1, 0.15) is 54.8 Å². The van der Waals surface area contributed by atoms with Crippen LogP contribution in [0, 0.1) is 24.1 Å². The van der Waals surface area contributed by atoms with Crippen LogP contribution in [0.2, 0.25) is 0 Å². The van der Waals surface area contributed by atoms with E-state index in [-0.39, 0.29) is 0 Å². The molecule has 0 radical (unpaired) electrons. The molecule has 1 aromatic heterocycles. The summed E-state index contributed by atoms with van der Waals surface area (Å²) in [7, 11) is -4.94. The molecule has 0 saturated heterocycles. The van der Waals surface area contributed by atoms with E-state index in [0.29, 0.717) is 0 Å². The lowest BCUT2D eigenvalue weighted by atomic mass is 9.97. The van der Waals surface area contributed by atoms with Crippen LogP contribution in [0.25, 0.3) is 0 Å². The molecular formula is C14H21ClO5. The summed E-state index contributed by atoms with van der Waals surface area (Å²) >= 11 is 0. The summed E-state index contributed by atoms with van der Waals surface area (Å²) in [5.41, 5.74) is 2.86.